The largest absolute Gasteiger partial charge is 0.497 e. The fourth-order valence-corrected chi connectivity index (χ4v) is 4.60. The summed E-state index contributed by atoms with van der Waals surface area (Å²) in [5, 5.41) is 2.15. The highest BCUT2D eigenvalue weighted by Crippen LogP contribution is 2.34. The summed E-state index contributed by atoms with van der Waals surface area (Å²) in [5.41, 5.74) is -0.297. The second-order valence-corrected chi connectivity index (χ2v) is 9.53. The highest BCUT2D eigenvalue weighted by atomic mass is 35.5. The number of hydrogen-bond donors (Lipinski definition) is 1. The fraction of sp³-hybridized carbons (Fsp3) is 0.174. The number of rotatable bonds is 7. The molecular weight excluding hydrogens is 493 g/mol. The van der Waals surface area contributed by atoms with E-state index in [1.165, 1.54) is 43.5 Å². The Hall–Kier alpha value is -3.24. The molecule has 1 amide bonds. The van der Waals surface area contributed by atoms with Crippen molar-refractivity contribution in [2.24, 2.45) is 0 Å². The minimum absolute atomic E-state index is 0.0566. The monoisotopic (exact) mass is 512 g/mol. The predicted molar refractivity (Wildman–Crippen MR) is 124 cm³/mol. The molecule has 0 heterocycles. The number of ether oxygens (including phenoxy) is 1. The number of carbonyl (C=O) groups is 1. The first-order chi connectivity index (χ1) is 15.9. The van der Waals surface area contributed by atoms with Crippen LogP contribution in [0.15, 0.2) is 71.6 Å². The van der Waals surface area contributed by atoms with Gasteiger partial charge in [-0.05, 0) is 61.5 Å². The molecule has 3 aromatic rings. The van der Waals surface area contributed by atoms with Crippen molar-refractivity contribution in [3.8, 4) is 5.75 Å². The van der Waals surface area contributed by atoms with E-state index in [0.29, 0.717) is 11.8 Å². The summed E-state index contributed by atoms with van der Waals surface area (Å²) in [6.07, 6.45) is -4.64. The van der Waals surface area contributed by atoms with E-state index >= 15 is 0 Å². The third-order valence-corrected chi connectivity index (χ3v) is 6.94. The van der Waals surface area contributed by atoms with Gasteiger partial charge >= 0.3 is 6.18 Å². The molecule has 3 aromatic carbocycles. The van der Waals surface area contributed by atoms with E-state index in [1.54, 1.807) is 19.1 Å². The Kier molecular flexibility index (Phi) is 7.42. The molecule has 1 N–H and O–H groups in total. The van der Waals surface area contributed by atoms with Gasteiger partial charge in [-0.15, -0.1) is 0 Å². The number of halogens is 4. The summed E-state index contributed by atoms with van der Waals surface area (Å²) in [6.45, 7) is 1.08. The van der Waals surface area contributed by atoms with Gasteiger partial charge in [-0.3, -0.25) is 9.10 Å². The molecule has 0 atom stereocenters. The van der Waals surface area contributed by atoms with Crippen molar-refractivity contribution in [2.75, 3.05) is 23.3 Å². The molecule has 0 bridgehead atoms. The van der Waals surface area contributed by atoms with Gasteiger partial charge in [-0.1, -0.05) is 29.3 Å². The lowest BCUT2D eigenvalue weighted by molar-refractivity contribution is -0.137. The molecule has 0 saturated carbocycles. The first-order valence-electron chi connectivity index (χ1n) is 9.82. The smallest absolute Gasteiger partial charge is 0.416 e. The molecule has 0 aromatic heterocycles. The Labute approximate surface area is 200 Å². The van der Waals surface area contributed by atoms with Gasteiger partial charge in [0.1, 0.15) is 12.3 Å². The molecular formula is C23H20ClF3N2O4S. The number of nitrogens with zero attached hydrogens (tertiary/aromatic N) is 1. The van der Waals surface area contributed by atoms with Crippen LogP contribution in [0.5, 0.6) is 5.75 Å². The number of benzene rings is 3. The van der Waals surface area contributed by atoms with Crippen LogP contribution in [0.1, 0.15) is 11.1 Å². The van der Waals surface area contributed by atoms with Crippen LogP contribution in [0, 0.1) is 6.92 Å². The third kappa shape index (κ3) is 5.81. The van der Waals surface area contributed by atoms with E-state index in [2.05, 4.69) is 5.32 Å². The van der Waals surface area contributed by atoms with Crippen molar-refractivity contribution < 1.29 is 31.1 Å². The van der Waals surface area contributed by atoms with Crippen molar-refractivity contribution in [3.63, 3.8) is 0 Å². The van der Waals surface area contributed by atoms with Crippen molar-refractivity contribution in [3.05, 3.63) is 82.9 Å². The SMILES string of the molecule is COc1ccc(N(CC(=O)Nc2cc(C(F)(F)F)ccc2Cl)S(=O)(=O)c2ccc(C)cc2)cc1. The Morgan fingerprint density at radius 1 is 1.03 bits per heavy atom. The van der Waals surface area contributed by atoms with E-state index in [9.17, 15) is 26.4 Å². The molecule has 34 heavy (non-hydrogen) atoms. The van der Waals surface area contributed by atoms with Crippen LogP contribution in [-0.4, -0.2) is 28.0 Å². The summed E-state index contributed by atoms with van der Waals surface area (Å²) in [4.78, 5) is 12.7. The lowest BCUT2D eigenvalue weighted by Gasteiger charge is -2.24. The normalized spacial score (nSPS) is 11.7. The zero-order chi connectivity index (χ0) is 25.1. The van der Waals surface area contributed by atoms with Crippen LogP contribution in [0.4, 0.5) is 24.5 Å². The van der Waals surface area contributed by atoms with Gasteiger partial charge in [0.05, 0.1) is 34.0 Å². The molecule has 11 heteroatoms. The van der Waals surface area contributed by atoms with E-state index in [0.717, 1.165) is 22.0 Å². The minimum atomic E-state index is -4.64. The highest BCUT2D eigenvalue weighted by molar-refractivity contribution is 7.92. The Balaban J connectivity index is 1.96. The van der Waals surface area contributed by atoms with Crippen LogP contribution in [0.3, 0.4) is 0 Å². The van der Waals surface area contributed by atoms with Crippen molar-refractivity contribution in [1.82, 2.24) is 0 Å². The lowest BCUT2D eigenvalue weighted by atomic mass is 10.2. The fourth-order valence-electron chi connectivity index (χ4n) is 3.02. The second-order valence-electron chi connectivity index (χ2n) is 7.26. The maximum absolute atomic E-state index is 13.4. The second kappa shape index (κ2) is 9.94. The molecule has 6 nitrogen and oxygen atoms in total. The minimum Gasteiger partial charge on any atom is -0.497 e. The number of methoxy groups -OCH3 is 1. The standard InChI is InChI=1S/C23H20ClF3N2O4S/c1-15-3-10-19(11-4-15)34(31,32)29(17-6-8-18(33-2)9-7-17)14-22(30)28-21-13-16(23(25,26)27)5-12-20(21)24/h3-13H,14H2,1-2H3,(H,28,30). The third-order valence-electron chi connectivity index (χ3n) is 4.82. The number of anilines is 2. The predicted octanol–water partition coefficient (Wildman–Crippen LogP) is 5.51. The Morgan fingerprint density at radius 3 is 2.21 bits per heavy atom. The molecule has 180 valence electrons. The molecule has 0 unspecified atom stereocenters. The molecule has 3 rings (SSSR count). The average molecular weight is 513 g/mol. The summed E-state index contributed by atoms with van der Waals surface area (Å²) in [6, 6.07) is 14.5. The number of sulfonamides is 1. The summed E-state index contributed by atoms with van der Waals surface area (Å²) in [7, 11) is -2.75. The number of aryl methyl sites for hydroxylation is 1. The van der Waals surface area contributed by atoms with Gasteiger partial charge in [0, 0.05) is 0 Å². The zero-order valence-electron chi connectivity index (χ0n) is 18.1. The van der Waals surface area contributed by atoms with Crippen LogP contribution < -0.4 is 14.4 Å². The summed E-state index contributed by atoms with van der Waals surface area (Å²) < 4.78 is 71.9. The number of hydrogen-bond acceptors (Lipinski definition) is 4. The number of carbonyl (C=O) groups excluding carboxylic acids is 1. The maximum Gasteiger partial charge on any atom is 0.416 e. The molecule has 0 saturated heterocycles. The van der Waals surface area contributed by atoms with Crippen LogP contribution in [0.25, 0.3) is 0 Å². The molecule has 0 aliphatic heterocycles. The van der Waals surface area contributed by atoms with E-state index in [-0.39, 0.29) is 21.3 Å². The van der Waals surface area contributed by atoms with Crippen molar-refractivity contribution in [2.45, 2.75) is 18.0 Å². The first-order valence-corrected chi connectivity index (χ1v) is 11.6. The summed E-state index contributed by atoms with van der Waals surface area (Å²) in [5.74, 6) is -0.413. The topological polar surface area (TPSA) is 75.7 Å². The zero-order valence-corrected chi connectivity index (χ0v) is 19.6. The molecule has 0 aliphatic carbocycles. The highest BCUT2D eigenvalue weighted by Gasteiger charge is 2.32. The summed E-state index contributed by atoms with van der Waals surface area (Å²) >= 11 is 5.95. The number of alkyl halides is 3. The van der Waals surface area contributed by atoms with Crippen LogP contribution >= 0.6 is 11.6 Å². The molecule has 0 spiro atoms. The van der Waals surface area contributed by atoms with Crippen LogP contribution in [0.2, 0.25) is 5.02 Å². The maximum atomic E-state index is 13.4. The average Bonchev–Trinajstić information content (AvgIpc) is 2.78. The van der Waals surface area contributed by atoms with Gasteiger partial charge in [0.15, 0.2) is 0 Å². The Morgan fingerprint density at radius 2 is 1.65 bits per heavy atom. The molecule has 0 aliphatic rings. The van der Waals surface area contributed by atoms with E-state index in [4.69, 9.17) is 16.3 Å². The quantitative estimate of drug-likeness (QED) is 0.453. The van der Waals surface area contributed by atoms with E-state index < -0.39 is 34.2 Å². The van der Waals surface area contributed by atoms with Gasteiger partial charge in [-0.2, -0.15) is 13.2 Å². The lowest BCUT2D eigenvalue weighted by Crippen LogP contribution is -2.38. The van der Waals surface area contributed by atoms with Crippen molar-refractivity contribution >= 4 is 38.9 Å². The van der Waals surface area contributed by atoms with Crippen LogP contribution in [-0.2, 0) is 21.0 Å². The van der Waals surface area contributed by atoms with Gasteiger partial charge in [-0.25, -0.2) is 8.42 Å². The number of amides is 1. The van der Waals surface area contributed by atoms with Gasteiger partial charge in [0.2, 0.25) is 5.91 Å². The van der Waals surface area contributed by atoms with Crippen molar-refractivity contribution in [1.29, 1.82) is 0 Å². The first kappa shape index (κ1) is 25.4. The molecule has 0 radical (unpaired) electrons. The molecule has 0 fully saturated rings. The van der Waals surface area contributed by atoms with E-state index in [1.807, 2.05) is 0 Å². The van der Waals surface area contributed by atoms with Gasteiger partial charge in [0.25, 0.3) is 10.0 Å². The number of nitrogens with one attached hydrogen (secondary N) is 1. The Bertz CT molecular complexity index is 1280. The van der Waals surface area contributed by atoms with Gasteiger partial charge < -0.3 is 10.1 Å².